The molecule has 0 atom stereocenters. The summed E-state index contributed by atoms with van der Waals surface area (Å²) in [6, 6.07) is 16.9. The lowest BCUT2D eigenvalue weighted by atomic mass is 9.90. The number of rotatable bonds is 3. The van der Waals surface area contributed by atoms with Crippen molar-refractivity contribution in [2.45, 2.75) is 25.3 Å². The minimum absolute atomic E-state index is 0.668. The number of hydrogen-bond donors (Lipinski definition) is 1. The molecule has 0 aliphatic carbocycles. The summed E-state index contributed by atoms with van der Waals surface area (Å²) in [5, 5.41) is 5.67. The van der Waals surface area contributed by atoms with Crippen LogP contribution in [0.3, 0.4) is 0 Å². The van der Waals surface area contributed by atoms with E-state index >= 15 is 0 Å². The standard InChI is InChI=1S/C20H21ClN2/c21-17-5-3-4-15(12-17)13-23-14-19(16-8-10-22-11-9-16)18-6-1-2-7-20(18)23/h1-7,12,14,16,22H,8-11,13H2. The van der Waals surface area contributed by atoms with Gasteiger partial charge in [-0.15, -0.1) is 0 Å². The van der Waals surface area contributed by atoms with E-state index in [4.69, 9.17) is 11.6 Å². The fourth-order valence-corrected chi connectivity index (χ4v) is 3.91. The third-order valence-electron chi connectivity index (χ3n) is 4.84. The molecule has 23 heavy (non-hydrogen) atoms. The van der Waals surface area contributed by atoms with Crippen LogP contribution in [0.1, 0.15) is 29.9 Å². The van der Waals surface area contributed by atoms with Gasteiger partial charge in [-0.1, -0.05) is 41.9 Å². The molecule has 1 aliphatic heterocycles. The topological polar surface area (TPSA) is 17.0 Å². The largest absolute Gasteiger partial charge is 0.343 e. The first-order chi connectivity index (χ1) is 11.3. The van der Waals surface area contributed by atoms with Crippen molar-refractivity contribution in [1.82, 2.24) is 9.88 Å². The number of nitrogens with one attached hydrogen (secondary N) is 1. The predicted octanol–water partition coefficient (Wildman–Crippen LogP) is 4.81. The molecule has 2 nitrogen and oxygen atoms in total. The summed E-state index contributed by atoms with van der Waals surface area (Å²) in [6.07, 6.45) is 4.82. The Labute approximate surface area is 142 Å². The summed E-state index contributed by atoms with van der Waals surface area (Å²) in [4.78, 5) is 0. The number of piperidine rings is 1. The number of hydrogen-bond acceptors (Lipinski definition) is 1. The van der Waals surface area contributed by atoms with E-state index in [-0.39, 0.29) is 0 Å². The highest BCUT2D eigenvalue weighted by atomic mass is 35.5. The highest BCUT2D eigenvalue weighted by Crippen LogP contribution is 2.33. The van der Waals surface area contributed by atoms with Crippen molar-refractivity contribution < 1.29 is 0 Å². The zero-order valence-electron chi connectivity index (χ0n) is 13.1. The molecule has 4 rings (SSSR count). The number of benzene rings is 2. The van der Waals surface area contributed by atoms with Crippen LogP contribution in [0.15, 0.2) is 54.7 Å². The SMILES string of the molecule is Clc1cccc(Cn2cc(C3CCNCC3)c3ccccc32)c1. The van der Waals surface area contributed by atoms with Gasteiger partial charge in [-0.25, -0.2) is 0 Å². The Morgan fingerprint density at radius 3 is 2.70 bits per heavy atom. The van der Waals surface area contributed by atoms with Crippen LogP contribution in [-0.4, -0.2) is 17.7 Å². The number of aromatic nitrogens is 1. The Hall–Kier alpha value is -1.77. The molecule has 0 radical (unpaired) electrons. The lowest BCUT2D eigenvalue weighted by molar-refractivity contribution is 0.461. The van der Waals surface area contributed by atoms with Gasteiger partial charge in [0.05, 0.1) is 0 Å². The van der Waals surface area contributed by atoms with Gasteiger partial charge in [0, 0.05) is 28.7 Å². The second-order valence-corrected chi connectivity index (χ2v) is 6.82. The van der Waals surface area contributed by atoms with Crippen molar-refractivity contribution in [1.29, 1.82) is 0 Å². The molecule has 1 aliphatic rings. The van der Waals surface area contributed by atoms with Crippen LogP contribution < -0.4 is 5.32 Å². The van der Waals surface area contributed by atoms with E-state index in [1.165, 1.54) is 34.9 Å². The molecule has 118 valence electrons. The van der Waals surface area contributed by atoms with Gasteiger partial charge in [0.25, 0.3) is 0 Å². The van der Waals surface area contributed by atoms with Gasteiger partial charge in [-0.2, -0.15) is 0 Å². The Balaban J connectivity index is 1.74. The maximum Gasteiger partial charge on any atom is 0.0486 e. The molecule has 1 saturated heterocycles. The van der Waals surface area contributed by atoms with E-state index < -0.39 is 0 Å². The zero-order chi connectivity index (χ0) is 15.6. The minimum Gasteiger partial charge on any atom is -0.343 e. The summed E-state index contributed by atoms with van der Waals surface area (Å²) in [5.74, 6) is 0.668. The monoisotopic (exact) mass is 324 g/mol. The molecule has 0 unspecified atom stereocenters. The van der Waals surface area contributed by atoms with E-state index in [0.29, 0.717) is 5.92 Å². The lowest BCUT2D eigenvalue weighted by Crippen LogP contribution is -2.26. The Morgan fingerprint density at radius 2 is 1.87 bits per heavy atom. The molecule has 2 aromatic carbocycles. The smallest absolute Gasteiger partial charge is 0.0486 e. The van der Waals surface area contributed by atoms with Crippen molar-refractivity contribution in [3.05, 3.63) is 70.9 Å². The van der Waals surface area contributed by atoms with Crippen molar-refractivity contribution in [3.63, 3.8) is 0 Å². The minimum atomic E-state index is 0.668. The summed E-state index contributed by atoms with van der Waals surface area (Å²) in [6.45, 7) is 3.11. The summed E-state index contributed by atoms with van der Waals surface area (Å²) in [7, 11) is 0. The number of para-hydroxylation sites is 1. The van der Waals surface area contributed by atoms with Gasteiger partial charge in [0.15, 0.2) is 0 Å². The van der Waals surface area contributed by atoms with Gasteiger partial charge >= 0.3 is 0 Å². The molecule has 0 bridgehead atoms. The van der Waals surface area contributed by atoms with Crippen LogP contribution in [0.4, 0.5) is 0 Å². The van der Waals surface area contributed by atoms with Crippen LogP contribution in [-0.2, 0) is 6.54 Å². The quantitative estimate of drug-likeness (QED) is 0.731. The fraction of sp³-hybridized carbons (Fsp3) is 0.300. The Morgan fingerprint density at radius 1 is 1.04 bits per heavy atom. The van der Waals surface area contributed by atoms with Gasteiger partial charge in [-0.05, 0) is 61.2 Å². The van der Waals surface area contributed by atoms with Crippen LogP contribution in [0.2, 0.25) is 5.02 Å². The van der Waals surface area contributed by atoms with E-state index in [0.717, 1.165) is 24.7 Å². The molecular formula is C20H21ClN2. The average Bonchev–Trinajstić information content (AvgIpc) is 2.95. The van der Waals surface area contributed by atoms with Crippen molar-refractivity contribution in [3.8, 4) is 0 Å². The highest BCUT2D eigenvalue weighted by Gasteiger charge is 2.20. The second-order valence-electron chi connectivity index (χ2n) is 6.38. The molecule has 0 spiro atoms. The third-order valence-corrected chi connectivity index (χ3v) is 5.08. The molecule has 1 fully saturated rings. The lowest BCUT2D eigenvalue weighted by Gasteiger charge is -2.22. The van der Waals surface area contributed by atoms with E-state index in [2.05, 4.69) is 52.5 Å². The van der Waals surface area contributed by atoms with E-state index in [1.54, 1.807) is 0 Å². The maximum absolute atomic E-state index is 6.14. The maximum atomic E-state index is 6.14. The predicted molar refractivity (Wildman–Crippen MR) is 97.3 cm³/mol. The first-order valence-electron chi connectivity index (χ1n) is 8.34. The molecule has 1 N–H and O–H groups in total. The zero-order valence-corrected chi connectivity index (χ0v) is 13.9. The average molecular weight is 325 g/mol. The molecular weight excluding hydrogens is 304 g/mol. The van der Waals surface area contributed by atoms with E-state index in [9.17, 15) is 0 Å². The van der Waals surface area contributed by atoms with Gasteiger partial charge < -0.3 is 9.88 Å². The van der Waals surface area contributed by atoms with E-state index in [1.807, 2.05) is 12.1 Å². The van der Waals surface area contributed by atoms with Crippen LogP contribution in [0.5, 0.6) is 0 Å². The number of nitrogens with zero attached hydrogens (tertiary/aromatic N) is 1. The van der Waals surface area contributed by atoms with Gasteiger partial charge in [0.1, 0.15) is 0 Å². The normalized spacial score (nSPS) is 16.0. The number of halogens is 1. The molecule has 2 heterocycles. The molecule has 0 saturated carbocycles. The van der Waals surface area contributed by atoms with Gasteiger partial charge in [-0.3, -0.25) is 0 Å². The molecule has 0 amide bonds. The second kappa shape index (κ2) is 6.38. The third kappa shape index (κ3) is 3.01. The van der Waals surface area contributed by atoms with Crippen LogP contribution in [0, 0.1) is 0 Å². The Bertz CT molecular complexity index is 815. The van der Waals surface area contributed by atoms with Crippen molar-refractivity contribution in [2.24, 2.45) is 0 Å². The molecule has 3 heteroatoms. The fourth-order valence-electron chi connectivity index (χ4n) is 3.70. The first-order valence-corrected chi connectivity index (χ1v) is 8.72. The molecule has 1 aromatic heterocycles. The molecule has 3 aromatic rings. The summed E-state index contributed by atoms with van der Waals surface area (Å²) < 4.78 is 2.37. The van der Waals surface area contributed by atoms with Gasteiger partial charge in [0.2, 0.25) is 0 Å². The highest BCUT2D eigenvalue weighted by molar-refractivity contribution is 6.30. The summed E-state index contributed by atoms with van der Waals surface area (Å²) in [5.41, 5.74) is 4.07. The van der Waals surface area contributed by atoms with Crippen molar-refractivity contribution >= 4 is 22.5 Å². The van der Waals surface area contributed by atoms with Crippen LogP contribution >= 0.6 is 11.6 Å². The number of fused-ring (bicyclic) bond motifs is 1. The first kappa shape index (κ1) is 14.8. The Kier molecular flexibility index (Phi) is 4.11. The van der Waals surface area contributed by atoms with Crippen molar-refractivity contribution in [2.75, 3.05) is 13.1 Å². The van der Waals surface area contributed by atoms with Crippen LogP contribution in [0.25, 0.3) is 10.9 Å². The summed E-state index contributed by atoms with van der Waals surface area (Å²) >= 11 is 6.14.